The third-order valence-corrected chi connectivity index (χ3v) is 16.6. The highest BCUT2D eigenvalue weighted by atomic mass is 32.2. The van der Waals surface area contributed by atoms with E-state index in [9.17, 15) is 5.26 Å². The minimum Gasteiger partial charge on any atom is -0.309 e. The fraction of sp³-hybridized carbons (Fsp3) is 0.197. The molecule has 0 amide bonds. The van der Waals surface area contributed by atoms with Gasteiger partial charge in [0.15, 0.2) is 0 Å². The first-order valence-corrected chi connectivity index (χ1v) is 25.1. The molecular formula is C61H52BN3S2. The number of rotatable bonds is 3. The Bertz CT molecular complexity index is 3660. The van der Waals surface area contributed by atoms with E-state index in [1.54, 1.807) is 0 Å². The maximum atomic E-state index is 10.6. The zero-order chi connectivity index (χ0) is 46.3. The van der Waals surface area contributed by atoms with E-state index >= 15 is 0 Å². The Morgan fingerprint density at radius 1 is 0.433 bits per heavy atom. The maximum absolute atomic E-state index is 10.6. The third-order valence-electron chi connectivity index (χ3n) is 14.4. The molecule has 0 atom stereocenters. The van der Waals surface area contributed by atoms with E-state index in [2.05, 4.69) is 223 Å². The van der Waals surface area contributed by atoms with E-state index < -0.39 is 0 Å². The van der Waals surface area contributed by atoms with Crippen molar-refractivity contribution in [3.05, 3.63) is 174 Å². The molecule has 12 rings (SSSR count). The maximum Gasteiger partial charge on any atom is 0.247 e. The van der Waals surface area contributed by atoms with E-state index in [1.807, 2.05) is 29.6 Å². The van der Waals surface area contributed by atoms with Gasteiger partial charge in [-0.1, -0.05) is 163 Å². The van der Waals surface area contributed by atoms with Crippen LogP contribution in [0.1, 0.15) is 84.6 Å². The van der Waals surface area contributed by atoms with Crippen LogP contribution in [0.15, 0.2) is 171 Å². The van der Waals surface area contributed by atoms with Crippen LogP contribution < -0.4 is 16.4 Å². The zero-order valence-corrected chi connectivity index (χ0v) is 41.3. The first-order valence-electron chi connectivity index (χ1n) is 23.5. The normalized spacial score (nSPS) is 13.6. The van der Waals surface area contributed by atoms with Gasteiger partial charge in [0, 0.05) is 58.1 Å². The number of para-hydroxylation sites is 2. The summed E-state index contributed by atoms with van der Waals surface area (Å²) in [5.41, 5.74) is 17.8. The summed E-state index contributed by atoms with van der Waals surface area (Å²) in [7, 11) is 0. The van der Waals surface area contributed by atoms with Gasteiger partial charge < -0.3 is 9.13 Å². The molecule has 8 aromatic carbocycles. The molecule has 2 aliphatic heterocycles. The van der Waals surface area contributed by atoms with Crippen LogP contribution in [0.4, 0.5) is 0 Å². The van der Waals surface area contributed by atoms with Crippen molar-refractivity contribution in [1.29, 1.82) is 5.26 Å². The number of nitriles is 1. The van der Waals surface area contributed by atoms with Crippen molar-refractivity contribution in [3.8, 4) is 28.6 Å². The molecular weight excluding hydrogens is 850 g/mol. The molecule has 6 heteroatoms. The molecule has 0 spiro atoms. The molecule has 3 nitrogen and oxygen atoms in total. The van der Waals surface area contributed by atoms with E-state index in [0.29, 0.717) is 5.56 Å². The highest BCUT2D eigenvalue weighted by molar-refractivity contribution is 8.01. The lowest BCUT2D eigenvalue weighted by Crippen LogP contribution is -2.58. The molecule has 0 saturated carbocycles. The predicted octanol–water partition coefficient (Wildman–Crippen LogP) is 14.8. The van der Waals surface area contributed by atoms with E-state index in [1.165, 1.54) is 90.9 Å². The van der Waals surface area contributed by atoms with Gasteiger partial charge in [0.25, 0.3) is 0 Å². The van der Waals surface area contributed by atoms with Crippen molar-refractivity contribution in [2.75, 3.05) is 0 Å². The fourth-order valence-electron chi connectivity index (χ4n) is 10.7. The lowest BCUT2D eigenvalue weighted by atomic mass is 9.36. The molecule has 0 unspecified atom stereocenters. The summed E-state index contributed by atoms with van der Waals surface area (Å²) in [6, 6.07) is 59.4. The van der Waals surface area contributed by atoms with Gasteiger partial charge in [-0.2, -0.15) is 5.26 Å². The number of hydrogen-bond acceptors (Lipinski definition) is 3. The van der Waals surface area contributed by atoms with Gasteiger partial charge in [-0.05, 0) is 129 Å². The Hall–Kier alpha value is -6.39. The molecule has 0 aliphatic carbocycles. The lowest BCUT2D eigenvalue weighted by molar-refractivity contribution is 0.587. The summed E-state index contributed by atoms with van der Waals surface area (Å²) < 4.78 is 4.83. The molecule has 2 aliphatic rings. The Labute approximate surface area is 402 Å². The monoisotopic (exact) mass is 901 g/mol. The molecule has 10 aromatic rings. The molecule has 0 bridgehead atoms. The summed E-state index contributed by atoms with van der Waals surface area (Å²) in [6.45, 7) is 20.9. The fourth-order valence-corrected chi connectivity index (χ4v) is 13.2. The van der Waals surface area contributed by atoms with Crippen LogP contribution in [-0.2, 0) is 16.2 Å². The van der Waals surface area contributed by atoms with Crippen LogP contribution in [0.25, 0.3) is 66.1 Å². The summed E-state index contributed by atoms with van der Waals surface area (Å²) >= 11 is 3.82. The van der Waals surface area contributed by atoms with E-state index in [4.69, 9.17) is 0 Å². The second-order valence-corrected chi connectivity index (χ2v) is 23.9. The second kappa shape index (κ2) is 14.8. The van der Waals surface area contributed by atoms with Crippen molar-refractivity contribution in [2.24, 2.45) is 0 Å². The van der Waals surface area contributed by atoms with Gasteiger partial charge >= 0.3 is 0 Å². The molecule has 0 saturated heterocycles. The average Bonchev–Trinajstić information content (AvgIpc) is 3.82. The highest BCUT2D eigenvalue weighted by Gasteiger charge is 2.39. The first-order chi connectivity index (χ1) is 32.0. The van der Waals surface area contributed by atoms with Crippen molar-refractivity contribution in [3.63, 3.8) is 0 Å². The van der Waals surface area contributed by atoms with Gasteiger partial charge in [0.1, 0.15) is 0 Å². The average molecular weight is 902 g/mol. The molecule has 4 heterocycles. The quantitative estimate of drug-likeness (QED) is 0.166. The van der Waals surface area contributed by atoms with Crippen molar-refractivity contribution in [2.45, 2.75) is 98.1 Å². The molecule has 0 fully saturated rings. The van der Waals surface area contributed by atoms with Crippen LogP contribution in [0.2, 0.25) is 0 Å². The minimum atomic E-state index is -0.0257. The molecule has 0 radical (unpaired) electrons. The van der Waals surface area contributed by atoms with Gasteiger partial charge in [-0.25, -0.2) is 0 Å². The van der Waals surface area contributed by atoms with Crippen molar-refractivity contribution in [1.82, 2.24) is 9.13 Å². The molecule has 0 N–H and O–H groups in total. The molecule has 67 heavy (non-hydrogen) atoms. The van der Waals surface area contributed by atoms with Crippen LogP contribution in [0.3, 0.4) is 0 Å². The van der Waals surface area contributed by atoms with Gasteiger partial charge in [0.2, 0.25) is 6.71 Å². The number of fused-ring (bicyclic) bond motifs is 10. The number of aromatic nitrogens is 2. The topological polar surface area (TPSA) is 33.6 Å². The van der Waals surface area contributed by atoms with Crippen LogP contribution >= 0.6 is 23.5 Å². The third kappa shape index (κ3) is 6.64. The Morgan fingerprint density at radius 2 is 0.910 bits per heavy atom. The Morgan fingerprint density at radius 3 is 1.45 bits per heavy atom. The number of benzene rings is 8. The standard InChI is InChI=1S/C61H52BN3S2/c1-59(2,3)38-20-26-52-46(29-38)47-30-39(60(4,5)6)21-27-53(47)65(52)42-23-25-49-55(34-42)67-57-32-40(61(7,8)9)31-56-58(57)62(49)48-24-19-36(28-54(48)66-56)45-33-41(22-18-37(45)35-63)64-50-16-12-10-14-43(50)44-15-11-13-17-51(44)64/h10-34H,1-9H3. The smallest absolute Gasteiger partial charge is 0.247 e. The highest BCUT2D eigenvalue weighted by Crippen LogP contribution is 2.44. The van der Waals surface area contributed by atoms with Crippen molar-refractivity contribution < 1.29 is 0 Å². The van der Waals surface area contributed by atoms with E-state index in [-0.39, 0.29) is 23.0 Å². The Kier molecular flexibility index (Phi) is 9.28. The SMILES string of the molecule is CC(C)(C)c1cc2c3c(c1)Sc1cc(-n4c5ccc(C(C)(C)C)cc5c5cc(C(C)(C)C)ccc54)ccc1B3c1ccc(-c3cc(-n4c5ccccc5c5ccccc54)ccc3C#N)cc1S2. The Balaban J connectivity index is 1.02. The van der Waals surface area contributed by atoms with Crippen LogP contribution in [0, 0.1) is 11.3 Å². The minimum absolute atomic E-state index is 0.0257. The molecule has 2 aromatic heterocycles. The molecule has 326 valence electrons. The van der Waals surface area contributed by atoms with Gasteiger partial charge in [-0.15, -0.1) is 0 Å². The summed E-state index contributed by atoms with van der Waals surface area (Å²) in [6.07, 6.45) is 0. The number of nitrogens with zero attached hydrogens (tertiary/aromatic N) is 3. The van der Waals surface area contributed by atoms with Crippen LogP contribution in [0.5, 0.6) is 0 Å². The number of hydrogen-bond donors (Lipinski definition) is 0. The second-order valence-electron chi connectivity index (χ2n) is 21.8. The summed E-state index contributed by atoms with van der Waals surface area (Å²) in [5.74, 6) is 0. The summed E-state index contributed by atoms with van der Waals surface area (Å²) in [5, 5.41) is 15.6. The summed E-state index contributed by atoms with van der Waals surface area (Å²) in [4.78, 5) is 5.21. The lowest BCUT2D eigenvalue weighted by Gasteiger charge is -2.35. The van der Waals surface area contributed by atoms with Crippen LogP contribution in [-0.4, -0.2) is 15.8 Å². The van der Waals surface area contributed by atoms with Crippen molar-refractivity contribution >= 4 is 90.2 Å². The zero-order valence-electron chi connectivity index (χ0n) is 39.7. The first kappa shape index (κ1) is 42.0. The van der Waals surface area contributed by atoms with Gasteiger partial charge in [-0.3, -0.25) is 0 Å². The van der Waals surface area contributed by atoms with Gasteiger partial charge in [0.05, 0.1) is 33.7 Å². The predicted molar refractivity (Wildman–Crippen MR) is 287 cm³/mol. The van der Waals surface area contributed by atoms with E-state index in [0.717, 1.165) is 27.8 Å². The largest absolute Gasteiger partial charge is 0.309 e.